The smallest absolute Gasteiger partial charge is 0.193 e. The summed E-state index contributed by atoms with van der Waals surface area (Å²) in [6.07, 6.45) is 0. The third kappa shape index (κ3) is 1.73. The first-order valence-electron chi connectivity index (χ1n) is 3.90. The first kappa shape index (κ1) is 9.12. The Hall–Kier alpha value is 0.550. The number of ether oxygens (including phenoxy) is 1. The SMILES string of the molecule is C[NH+](C)C1SC2=C(SCCO2)S1. The molecule has 2 heterocycles. The van der Waals surface area contributed by atoms with Crippen molar-refractivity contribution in [2.24, 2.45) is 0 Å². The number of thioether (sulfide) groups is 3. The van der Waals surface area contributed by atoms with Gasteiger partial charge in [0, 0.05) is 5.75 Å². The van der Waals surface area contributed by atoms with E-state index in [4.69, 9.17) is 4.74 Å². The van der Waals surface area contributed by atoms with E-state index in [1.54, 1.807) is 0 Å². The van der Waals surface area contributed by atoms with Crippen LogP contribution in [0, 0.1) is 0 Å². The number of rotatable bonds is 1. The zero-order valence-corrected chi connectivity index (χ0v) is 9.57. The van der Waals surface area contributed by atoms with E-state index < -0.39 is 0 Å². The summed E-state index contributed by atoms with van der Waals surface area (Å²) in [6.45, 7) is 0.881. The predicted molar refractivity (Wildman–Crippen MR) is 57.2 cm³/mol. The van der Waals surface area contributed by atoms with E-state index in [0.29, 0.717) is 4.71 Å². The fourth-order valence-corrected chi connectivity index (χ4v) is 5.14. The van der Waals surface area contributed by atoms with Gasteiger partial charge in [0.05, 0.1) is 24.9 Å². The second-order valence-corrected chi connectivity index (χ2v) is 6.77. The predicted octanol–water partition coefficient (Wildman–Crippen LogP) is 0.785. The molecular formula is C7H12NOS3+. The lowest BCUT2D eigenvalue weighted by Gasteiger charge is -2.13. The van der Waals surface area contributed by atoms with Crippen LogP contribution in [0.1, 0.15) is 0 Å². The minimum absolute atomic E-state index is 0.598. The summed E-state index contributed by atoms with van der Waals surface area (Å²) in [5.41, 5.74) is 0. The van der Waals surface area contributed by atoms with Crippen molar-refractivity contribution < 1.29 is 9.64 Å². The van der Waals surface area contributed by atoms with E-state index in [1.165, 1.54) is 14.2 Å². The van der Waals surface area contributed by atoms with Crippen LogP contribution in [-0.4, -0.2) is 31.2 Å². The molecule has 0 aromatic rings. The maximum Gasteiger partial charge on any atom is 0.193 e. The molecule has 1 N–H and O–H groups in total. The molecule has 0 aromatic heterocycles. The molecule has 0 saturated heterocycles. The van der Waals surface area contributed by atoms with Crippen molar-refractivity contribution in [3.8, 4) is 0 Å². The van der Waals surface area contributed by atoms with Crippen molar-refractivity contribution in [3.05, 3.63) is 9.33 Å². The highest BCUT2D eigenvalue weighted by molar-refractivity contribution is 8.31. The molecule has 0 radical (unpaired) electrons. The summed E-state index contributed by atoms with van der Waals surface area (Å²) in [5, 5.41) is 1.17. The fourth-order valence-electron chi connectivity index (χ4n) is 1.01. The minimum atomic E-state index is 0.598. The van der Waals surface area contributed by atoms with Gasteiger partial charge in [0.25, 0.3) is 0 Å². The third-order valence-electron chi connectivity index (χ3n) is 1.62. The average molecular weight is 222 g/mol. The van der Waals surface area contributed by atoms with Gasteiger partial charge >= 0.3 is 0 Å². The van der Waals surface area contributed by atoms with Crippen LogP contribution in [0.5, 0.6) is 0 Å². The largest absolute Gasteiger partial charge is 0.484 e. The number of hydrogen-bond acceptors (Lipinski definition) is 4. The van der Waals surface area contributed by atoms with Crippen LogP contribution < -0.4 is 4.90 Å². The van der Waals surface area contributed by atoms with Crippen molar-refractivity contribution in [1.82, 2.24) is 0 Å². The lowest BCUT2D eigenvalue weighted by molar-refractivity contribution is -0.853. The Morgan fingerprint density at radius 2 is 2.25 bits per heavy atom. The Bertz CT molecular complexity index is 199. The van der Waals surface area contributed by atoms with E-state index in [0.717, 1.165) is 12.4 Å². The summed E-state index contributed by atoms with van der Waals surface area (Å²) in [6, 6.07) is 0. The highest BCUT2D eigenvalue weighted by Gasteiger charge is 2.33. The molecule has 5 heteroatoms. The van der Waals surface area contributed by atoms with Gasteiger partial charge in [-0.1, -0.05) is 0 Å². The van der Waals surface area contributed by atoms with Gasteiger partial charge in [-0.2, -0.15) is 0 Å². The van der Waals surface area contributed by atoms with Gasteiger partial charge in [-0.25, -0.2) is 0 Å². The minimum Gasteiger partial charge on any atom is -0.484 e. The quantitative estimate of drug-likeness (QED) is 0.704. The second kappa shape index (κ2) is 3.74. The first-order chi connectivity index (χ1) is 5.77. The Morgan fingerprint density at radius 3 is 2.92 bits per heavy atom. The lowest BCUT2D eigenvalue weighted by atomic mass is 10.8. The van der Waals surface area contributed by atoms with Crippen LogP contribution in [0.4, 0.5) is 0 Å². The zero-order valence-electron chi connectivity index (χ0n) is 7.12. The lowest BCUT2D eigenvalue weighted by Crippen LogP contribution is -3.08. The molecule has 0 bridgehead atoms. The highest BCUT2D eigenvalue weighted by atomic mass is 32.2. The van der Waals surface area contributed by atoms with Gasteiger partial charge in [0.15, 0.2) is 9.80 Å². The molecule has 2 rings (SSSR count). The average Bonchev–Trinajstić information content (AvgIpc) is 2.46. The molecule has 0 spiro atoms. The van der Waals surface area contributed by atoms with Crippen molar-refractivity contribution in [3.63, 3.8) is 0 Å². The van der Waals surface area contributed by atoms with Crippen LogP contribution in [0.3, 0.4) is 0 Å². The summed E-state index contributed by atoms with van der Waals surface area (Å²) in [5.74, 6) is 1.11. The fraction of sp³-hybridized carbons (Fsp3) is 0.714. The molecule has 0 saturated carbocycles. The molecule has 0 aromatic carbocycles. The molecule has 1 unspecified atom stereocenters. The number of nitrogens with one attached hydrogen (secondary N) is 1. The molecule has 2 nitrogen and oxygen atoms in total. The summed E-state index contributed by atoms with van der Waals surface area (Å²) >= 11 is 5.75. The monoisotopic (exact) mass is 222 g/mol. The first-order valence-corrected chi connectivity index (χ1v) is 6.65. The molecule has 68 valence electrons. The van der Waals surface area contributed by atoms with Crippen LogP contribution in [-0.2, 0) is 4.74 Å². The third-order valence-corrected chi connectivity index (χ3v) is 6.22. The molecule has 0 amide bonds. The van der Waals surface area contributed by atoms with Crippen molar-refractivity contribution >= 4 is 35.3 Å². The van der Waals surface area contributed by atoms with Gasteiger partial charge in [0.1, 0.15) is 0 Å². The van der Waals surface area contributed by atoms with Gasteiger partial charge in [0.2, 0.25) is 0 Å². The second-order valence-electron chi connectivity index (χ2n) is 2.92. The highest BCUT2D eigenvalue weighted by Crippen LogP contribution is 2.50. The maximum absolute atomic E-state index is 5.57. The molecule has 1 atom stereocenters. The number of quaternary nitrogens is 1. The summed E-state index contributed by atoms with van der Waals surface area (Å²) in [4.78, 5) is 1.48. The van der Waals surface area contributed by atoms with Crippen molar-refractivity contribution in [2.75, 3.05) is 26.5 Å². The number of hydrogen-bond donors (Lipinski definition) is 1. The Labute approximate surface area is 85.5 Å². The molecular weight excluding hydrogens is 210 g/mol. The Kier molecular flexibility index (Phi) is 2.84. The van der Waals surface area contributed by atoms with Gasteiger partial charge in [-0.05, 0) is 23.5 Å². The van der Waals surface area contributed by atoms with Crippen LogP contribution in [0.15, 0.2) is 9.33 Å². The van der Waals surface area contributed by atoms with E-state index in [1.807, 2.05) is 35.3 Å². The zero-order chi connectivity index (χ0) is 8.55. The van der Waals surface area contributed by atoms with E-state index in [9.17, 15) is 0 Å². The van der Waals surface area contributed by atoms with Crippen LogP contribution >= 0.6 is 35.3 Å². The molecule has 2 aliphatic rings. The normalized spacial score (nSPS) is 29.1. The van der Waals surface area contributed by atoms with Crippen LogP contribution in [0.25, 0.3) is 0 Å². The van der Waals surface area contributed by atoms with Gasteiger partial charge in [-0.3, -0.25) is 0 Å². The van der Waals surface area contributed by atoms with Crippen molar-refractivity contribution in [1.29, 1.82) is 0 Å². The van der Waals surface area contributed by atoms with E-state index in [-0.39, 0.29) is 0 Å². The Balaban J connectivity index is 2.02. The standard InChI is InChI=1S/C7H11NOS3/c1-8(2)7-11-5-6(12-7)10-4-3-9-5/h7H,3-4H2,1-2H3/p+1. The van der Waals surface area contributed by atoms with Gasteiger partial charge < -0.3 is 9.64 Å². The van der Waals surface area contributed by atoms with Crippen molar-refractivity contribution in [2.45, 2.75) is 4.71 Å². The molecule has 2 aliphatic heterocycles. The van der Waals surface area contributed by atoms with E-state index >= 15 is 0 Å². The molecule has 0 fully saturated rings. The topological polar surface area (TPSA) is 13.7 Å². The Morgan fingerprint density at radius 1 is 1.42 bits per heavy atom. The van der Waals surface area contributed by atoms with Gasteiger partial charge in [-0.15, -0.1) is 11.8 Å². The molecule has 0 aliphatic carbocycles. The molecule has 12 heavy (non-hydrogen) atoms. The maximum atomic E-state index is 5.57. The van der Waals surface area contributed by atoms with Crippen LogP contribution in [0.2, 0.25) is 0 Å². The van der Waals surface area contributed by atoms with E-state index in [2.05, 4.69) is 14.1 Å². The summed E-state index contributed by atoms with van der Waals surface area (Å²) < 4.78 is 7.57. The summed E-state index contributed by atoms with van der Waals surface area (Å²) in [7, 11) is 4.38.